The van der Waals surface area contributed by atoms with Crippen LogP contribution >= 0.6 is 11.6 Å². The van der Waals surface area contributed by atoms with Crippen LogP contribution in [0.25, 0.3) is 10.9 Å². The third kappa shape index (κ3) is 5.43. The van der Waals surface area contributed by atoms with E-state index >= 15 is 0 Å². The molecule has 2 amide bonds. The molecule has 1 saturated carbocycles. The topological polar surface area (TPSA) is 69.3 Å². The van der Waals surface area contributed by atoms with Gasteiger partial charge in [-0.1, -0.05) is 41.9 Å². The van der Waals surface area contributed by atoms with Gasteiger partial charge in [0.15, 0.2) is 0 Å². The Kier molecular flexibility index (Phi) is 7.00. The van der Waals surface area contributed by atoms with Crippen LogP contribution in [0.15, 0.2) is 54.6 Å². The molecule has 3 N–H and O–H groups in total. The molecule has 0 aliphatic heterocycles. The second-order valence-corrected chi connectivity index (χ2v) is 9.02. The fourth-order valence-electron chi connectivity index (χ4n) is 4.29. The van der Waals surface area contributed by atoms with E-state index in [1.165, 1.54) is 5.69 Å². The third-order valence-corrected chi connectivity index (χ3v) is 6.38. The van der Waals surface area contributed by atoms with Crippen molar-refractivity contribution in [2.24, 2.45) is 5.92 Å². The van der Waals surface area contributed by atoms with E-state index in [1.807, 2.05) is 24.3 Å². The van der Waals surface area contributed by atoms with Crippen molar-refractivity contribution in [3.8, 4) is 0 Å². The van der Waals surface area contributed by atoms with Gasteiger partial charge in [0.25, 0.3) is 0 Å². The fourth-order valence-corrected chi connectivity index (χ4v) is 4.47. The normalized spacial score (nSPS) is 18.2. The van der Waals surface area contributed by atoms with Gasteiger partial charge in [0.2, 0.25) is 0 Å². The molecule has 1 aromatic heterocycles. The van der Waals surface area contributed by atoms with Crippen LogP contribution in [-0.2, 0) is 0 Å². The predicted molar refractivity (Wildman–Crippen MR) is 134 cm³/mol. The van der Waals surface area contributed by atoms with Gasteiger partial charge >= 0.3 is 6.03 Å². The van der Waals surface area contributed by atoms with Crippen molar-refractivity contribution in [1.29, 1.82) is 0 Å². The number of carbonyl (C=O) groups excluding carboxylic acids is 1. The fraction of sp³-hybridized carbons (Fsp3) is 0.360. The molecule has 0 spiro atoms. The van der Waals surface area contributed by atoms with Crippen LogP contribution in [0.3, 0.4) is 0 Å². The highest BCUT2D eigenvalue weighted by Crippen LogP contribution is 2.30. The quantitative estimate of drug-likeness (QED) is 0.446. The summed E-state index contributed by atoms with van der Waals surface area (Å²) in [7, 11) is 4.12. The van der Waals surface area contributed by atoms with E-state index < -0.39 is 0 Å². The summed E-state index contributed by atoms with van der Waals surface area (Å²) < 4.78 is 0. The van der Waals surface area contributed by atoms with Crippen LogP contribution in [0, 0.1) is 5.92 Å². The highest BCUT2D eigenvalue weighted by molar-refractivity contribution is 6.33. The summed E-state index contributed by atoms with van der Waals surface area (Å²) in [4.78, 5) is 19.2. The van der Waals surface area contributed by atoms with Crippen molar-refractivity contribution < 1.29 is 4.79 Å². The van der Waals surface area contributed by atoms with Crippen molar-refractivity contribution in [1.82, 2.24) is 10.3 Å². The number of amides is 2. The monoisotopic (exact) mass is 451 g/mol. The minimum atomic E-state index is -0.213. The SMILES string of the molecule is CN(C)c1cc(NC2CCC(CNC(=O)Nc3ccccc3Cl)CC2)nc2ccccc12. The number of nitrogens with one attached hydrogen (secondary N) is 3. The second-order valence-electron chi connectivity index (χ2n) is 8.62. The zero-order valence-corrected chi connectivity index (χ0v) is 19.3. The Hall–Kier alpha value is -2.99. The summed E-state index contributed by atoms with van der Waals surface area (Å²) >= 11 is 6.10. The van der Waals surface area contributed by atoms with Crippen LogP contribution in [-0.4, -0.2) is 37.7 Å². The number of benzene rings is 2. The Morgan fingerprint density at radius 1 is 1.06 bits per heavy atom. The van der Waals surface area contributed by atoms with Crippen LogP contribution in [0.1, 0.15) is 25.7 Å². The average molecular weight is 452 g/mol. The van der Waals surface area contributed by atoms with E-state index in [9.17, 15) is 4.79 Å². The van der Waals surface area contributed by atoms with Crippen LogP contribution in [0.4, 0.5) is 22.0 Å². The second kappa shape index (κ2) is 10.1. The number of rotatable bonds is 6. The lowest BCUT2D eigenvalue weighted by molar-refractivity contribution is 0.246. The number of carbonyl (C=O) groups is 1. The van der Waals surface area contributed by atoms with E-state index in [1.54, 1.807) is 12.1 Å². The van der Waals surface area contributed by atoms with E-state index in [0.29, 0.717) is 29.2 Å². The zero-order chi connectivity index (χ0) is 22.5. The van der Waals surface area contributed by atoms with Crippen molar-refractivity contribution in [2.75, 3.05) is 36.2 Å². The van der Waals surface area contributed by atoms with Crippen molar-refractivity contribution >= 4 is 45.7 Å². The molecule has 1 aliphatic carbocycles. The first-order valence-electron chi connectivity index (χ1n) is 11.1. The van der Waals surface area contributed by atoms with Gasteiger partial charge in [-0.2, -0.15) is 0 Å². The Balaban J connectivity index is 1.28. The van der Waals surface area contributed by atoms with Crippen LogP contribution in [0.5, 0.6) is 0 Å². The summed E-state index contributed by atoms with van der Waals surface area (Å²) in [6.45, 7) is 0.669. The minimum Gasteiger partial charge on any atom is -0.377 e. The van der Waals surface area contributed by atoms with E-state index in [0.717, 1.165) is 42.4 Å². The molecular formula is C25H30ClN5O. The molecule has 4 rings (SSSR count). The van der Waals surface area contributed by atoms with Crippen LogP contribution < -0.4 is 20.9 Å². The summed E-state index contributed by atoms with van der Waals surface area (Å²) in [6.07, 6.45) is 4.25. The smallest absolute Gasteiger partial charge is 0.319 e. The first-order chi connectivity index (χ1) is 15.5. The van der Waals surface area contributed by atoms with Gasteiger partial charge in [-0.3, -0.25) is 0 Å². The standard InChI is InChI=1S/C25H30ClN5O/c1-31(2)23-15-24(29-21-9-5-3-7-19(21)23)28-18-13-11-17(12-14-18)16-27-25(32)30-22-10-6-4-8-20(22)26/h3-10,15,17-18H,11-14,16H2,1-2H3,(H,28,29)(H2,27,30,32). The molecule has 2 aromatic carbocycles. The molecule has 6 nitrogen and oxygen atoms in total. The van der Waals surface area contributed by atoms with Gasteiger partial charge in [-0.05, 0) is 49.8 Å². The van der Waals surface area contributed by atoms with Gasteiger partial charge in [0.05, 0.1) is 16.2 Å². The van der Waals surface area contributed by atoms with Crippen molar-refractivity contribution in [3.05, 3.63) is 59.6 Å². The molecule has 1 fully saturated rings. The zero-order valence-electron chi connectivity index (χ0n) is 18.6. The summed E-state index contributed by atoms with van der Waals surface area (Å²) in [5, 5.41) is 11.1. The number of hydrogen-bond donors (Lipinski definition) is 3. The van der Waals surface area contributed by atoms with Gasteiger partial charge in [0, 0.05) is 43.8 Å². The third-order valence-electron chi connectivity index (χ3n) is 6.05. The number of para-hydroxylation sites is 2. The summed E-state index contributed by atoms with van der Waals surface area (Å²) in [5.41, 5.74) is 2.80. The lowest BCUT2D eigenvalue weighted by atomic mass is 9.86. The minimum absolute atomic E-state index is 0.213. The first kappa shape index (κ1) is 22.2. The molecular weight excluding hydrogens is 422 g/mol. The molecule has 168 valence electrons. The number of halogens is 1. The van der Waals surface area contributed by atoms with Gasteiger partial charge in [0.1, 0.15) is 5.82 Å². The Morgan fingerprint density at radius 2 is 1.78 bits per heavy atom. The molecule has 0 bridgehead atoms. The lowest BCUT2D eigenvalue weighted by Gasteiger charge is -2.30. The average Bonchev–Trinajstić information content (AvgIpc) is 2.79. The van der Waals surface area contributed by atoms with Crippen LogP contribution in [0.2, 0.25) is 5.02 Å². The maximum Gasteiger partial charge on any atom is 0.319 e. The maximum absolute atomic E-state index is 12.2. The molecule has 0 unspecified atom stereocenters. The Labute approximate surface area is 194 Å². The Bertz CT molecular complexity index is 1080. The van der Waals surface area contributed by atoms with Gasteiger partial charge in [-0.25, -0.2) is 9.78 Å². The summed E-state index contributed by atoms with van der Waals surface area (Å²) in [6, 6.07) is 17.8. The molecule has 0 radical (unpaired) electrons. The van der Waals surface area contributed by atoms with E-state index in [4.69, 9.17) is 16.6 Å². The molecule has 0 saturated heterocycles. The van der Waals surface area contributed by atoms with E-state index in [2.05, 4.69) is 53.1 Å². The molecule has 32 heavy (non-hydrogen) atoms. The predicted octanol–water partition coefficient (Wildman–Crippen LogP) is 5.75. The molecule has 0 atom stereocenters. The molecule has 1 heterocycles. The highest BCUT2D eigenvalue weighted by atomic mass is 35.5. The number of urea groups is 1. The number of fused-ring (bicyclic) bond motifs is 1. The number of aromatic nitrogens is 1. The van der Waals surface area contributed by atoms with Gasteiger partial charge < -0.3 is 20.9 Å². The molecule has 1 aliphatic rings. The molecule has 3 aromatic rings. The molecule has 7 heteroatoms. The van der Waals surface area contributed by atoms with E-state index in [-0.39, 0.29) is 6.03 Å². The number of pyridine rings is 1. The summed E-state index contributed by atoms with van der Waals surface area (Å²) in [5.74, 6) is 1.40. The highest BCUT2D eigenvalue weighted by Gasteiger charge is 2.22. The van der Waals surface area contributed by atoms with Gasteiger partial charge in [-0.15, -0.1) is 0 Å². The number of nitrogens with zero attached hydrogens (tertiary/aromatic N) is 2. The number of hydrogen-bond acceptors (Lipinski definition) is 4. The lowest BCUT2D eigenvalue weighted by Crippen LogP contribution is -2.36. The largest absolute Gasteiger partial charge is 0.377 e. The Morgan fingerprint density at radius 3 is 2.53 bits per heavy atom. The number of anilines is 3. The maximum atomic E-state index is 12.2. The van der Waals surface area contributed by atoms with Crippen molar-refractivity contribution in [3.63, 3.8) is 0 Å². The first-order valence-corrected chi connectivity index (χ1v) is 11.5. The van der Waals surface area contributed by atoms with Crippen molar-refractivity contribution in [2.45, 2.75) is 31.7 Å².